The molecule has 2 aromatic carbocycles. The van der Waals surface area contributed by atoms with E-state index in [2.05, 4.69) is 15.9 Å². The number of Topliss-reactive ketones (excluding diaryl/α,β-unsaturated/α-hetero) is 1. The Hall–Kier alpha value is -1.41. The normalized spacial score (nSPS) is 11.8. The molecular formula is C15H7BrCl2FNO. The van der Waals surface area contributed by atoms with Crippen molar-refractivity contribution in [2.24, 2.45) is 0 Å². The molecule has 0 aromatic heterocycles. The number of benzene rings is 2. The zero-order valence-corrected chi connectivity index (χ0v) is 13.5. The summed E-state index contributed by atoms with van der Waals surface area (Å²) >= 11 is 15.0. The monoisotopic (exact) mass is 385 g/mol. The van der Waals surface area contributed by atoms with Crippen LogP contribution in [0.2, 0.25) is 10.0 Å². The average Bonchev–Trinajstić information content (AvgIpc) is 2.44. The van der Waals surface area contributed by atoms with Crippen LogP contribution in [-0.2, 0) is 0 Å². The molecule has 0 spiro atoms. The lowest BCUT2D eigenvalue weighted by molar-refractivity contribution is 0.0977. The second-order valence-electron chi connectivity index (χ2n) is 4.22. The summed E-state index contributed by atoms with van der Waals surface area (Å²) in [4.78, 5) is 12.5. The Kier molecular flexibility index (Phi) is 5.00. The first-order valence-corrected chi connectivity index (χ1v) is 7.32. The molecule has 2 rings (SSSR count). The zero-order valence-electron chi connectivity index (χ0n) is 10.4. The van der Waals surface area contributed by atoms with Gasteiger partial charge in [0.1, 0.15) is 11.7 Å². The molecule has 0 N–H and O–H groups in total. The van der Waals surface area contributed by atoms with E-state index in [1.807, 2.05) is 6.07 Å². The molecule has 0 amide bonds. The molecule has 6 heteroatoms. The highest BCUT2D eigenvalue weighted by molar-refractivity contribution is 9.10. The molecule has 21 heavy (non-hydrogen) atoms. The smallest absolute Gasteiger partial charge is 0.185 e. The third-order valence-electron chi connectivity index (χ3n) is 2.86. The first kappa shape index (κ1) is 16.0. The number of nitrogens with zero attached hydrogens (tertiary/aromatic N) is 1. The van der Waals surface area contributed by atoms with Crippen molar-refractivity contribution in [2.45, 2.75) is 5.92 Å². The molecule has 0 heterocycles. The van der Waals surface area contributed by atoms with Crippen molar-refractivity contribution in [2.75, 3.05) is 0 Å². The number of carbonyl (C=O) groups excluding carboxylic acids is 1. The lowest BCUT2D eigenvalue weighted by atomic mass is 9.92. The van der Waals surface area contributed by atoms with Crippen LogP contribution in [0.5, 0.6) is 0 Å². The molecule has 1 unspecified atom stereocenters. The van der Waals surface area contributed by atoms with Crippen molar-refractivity contribution in [3.63, 3.8) is 0 Å². The number of nitriles is 1. The van der Waals surface area contributed by atoms with E-state index in [9.17, 15) is 14.4 Å². The third kappa shape index (κ3) is 3.44. The van der Waals surface area contributed by atoms with Crippen molar-refractivity contribution in [3.05, 3.63) is 67.9 Å². The summed E-state index contributed by atoms with van der Waals surface area (Å²) in [5, 5.41) is 9.91. The minimum Gasteiger partial charge on any atom is -0.292 e. The molecule has 0 aliphatic rings. The zero-order chi connectivity index (χ0) is 15.6. The Bertz CT molecular complexity index is 758. The van der Waals surface area contributed by atoms with E-state index in [0.29, 0.717) is 15.1 Å². The van der Waals surface area contributed by atoms with Crippen LogP contribution in [-0.4, -0.2) is 5.78 Å². The molecule has 2 aromatic rings. The lowest BCUT2D eigenvalue weighted by Crippen LogP contribution is -2.12. The Morgan fingerprint density at radius 2 is 1.95 bits per heavy atom. The minimum atomic E-state index is -1.13. The van der Waals surface area contributed by atoms with Gasteiger partial charge in [-0.05, 0) is 35.9 Å². The maximum Gasteiger partial charge on any atom is 0.185 e. The van der Waals surface area contributed by atoms with Crippen LogP contribution in [0.4, 0.5) is 4.39 Å². The Morgan fingerprint density at radius 1 is 1.24 bits per heavy atom. The molecule has 0 aliphatic heterocycles. The first-order valence-electron chi connectivity index (χ1n) is 5.78. The predicted molar refractivity (Wildman–Crippen MR) is 83.2 cm³/mol. The molecule has 0 saturated carbocycles. The van der Waals surface area contributed by atoms with Crippen LogP contribution < -0.4 is 0 Å². The van der Waals surface area contributed by atoms with Crippen molar-refractivity contribution >= 4 is 44.9 Å². The fraction of sp³-hybridized carbons (Fsp3) is 0.0667. The van der Waals surface area contributed by atoms with Gasteiger partial charge in [0.2, 0.25) is 0 Å². The molecule has 1 atom stereocenters. The summed E-state index contributed by atoms with van der Waals surface area (Å²) < 4.78 is 13.7. The highest BCUT2D eigenvalue weighted by atomic mass is 79.9. The van der Waals surface area contributed by atoms with Gasteiger partial charge < -0.3 is 0 Å². The maximum absolute atomic E-state index is 13.3. The first-order chi connectivity index (χ1) is 9.93. The SMILES string of the molecule is N#CC(C(=O)c1cc(F)ccc1Br)c1ccc(Cl)cc1Cl. The molecule has 0 fully saturated rings. The van der Waals surface area contributed by atoms with Crippen LogP contribution in [0.15, 0.2) is 40.9 Å². The van der Waals surface area contributed by atoms with E-state index in [1.165, 1.54) is 24.3 Å². The molecule has 106 valence electrons. The van der Waals surface area contributed by atoms with Gasteiger partial charge in [0.25, 0.3) is 0 Å². The second kappa shape index (κ2) is 6.57. The van der Waals surface area contributed by atoms with E-state index >= 15 is 0 Å². The van der Waals surface area contributed by atoms with Crippen LogP contribution in [0, 0.1) is 17.1 Å². The molecular weight excluding hydrogens is 380 g/mol. The fourth-order valence-electron chi connectivity index (χ4n) is 1.85. The van der Waals surface area contributed by atoms with Gasteiger partial charge in [-0.3, -0.25) is 4.79 Å². The van der Waals surface area contributed by atoms with Crippen LogP contribution >= 0.6 is 39.1 Å². The molecule has 0 bridgehead atoms. The van der Waals surface area contributed by atoms with Gasteiger partial charge in [0.15, 0.2) is 5.78 Å². The quantitative estimate of drug-likeness (QED) is 0.664. The number of rotatable bonds is 3. The molecule has 2 nitrogen and oxygen atoms in total. The summed E-state index contributed by atoms with van der Waals surface area (Å²) in [6.07, 6.45) is 0. The van der Waals surface area contributed by atoms with E-state index in [0.717, 1.165) is 6.07 Å². The van der Waals surface area contributed by atoms with Crippen molar-refractivity contribution in [1.82, 2.24) is 0 Å². The summed E-state index contributed by atoms with van der Waals surface area (Å²) in [5.74, 6) is -2.22. The number of hydrogen-bond acceptors (Lipinski definition) is 2. The maximum atomic E-state index is 13.3. The second-order valence-corrected chi connectivity index (χ2v) is 5.91. The van der Waals surface area contributed by atoms with Gasteiger partial charge in [-0.1, -0.05) is 45.2 Å². The summed E-state index contributed by atoms with van der Waals surface area (Å²) in [6.45, 7) is 0. The summed E-state index contributed by atoms with van der Waals surface area (Å²) in [5.41, 5.74) is 0.428. The van der Waals surface area contributed by atoms with Gasteiger partial charge in [-0.2, -0.15) is 5.26 Å². The predicted octanol–water partition coefficient (Wildman–Crippen LogP) is 5.39. The van der Waals surface area contributed by atoms with E-state index in [4.69, 9.17) is 23.2 Å². The van der Waals surface area contributed by atoms with Crippen LogP contribution in [0.1, 0.15) is 21.8 Å². The van der Waals surface area contributed by atoms with Gasteiger partial charge in [0.05, 0.1) is 6.07 Å². The standard InChI is InChI=1S/C15H7BrCl2FNO/c16-13-4-2-9(19)6-11(13)15(21)12(7-20)10-3-1-8(17)5-14(10)18/h1-6,12H. The Balaban J connectivity index is 2.49. The van der Waals surface area contributed by atoms with E-state index < -0.39 is 17.5 Å². The highest BCUT2D eigenvalue weighted by Crippen LogP contribution is 2.31. The summed E-state index contributed by atoms with van der Waals surface area (Å²) in [7, 11) is 0. The van der Waals surface area contributed by atoms with Gasteiger partial charge in [-0.15, -0.1) is 0 Å². The van der Waals surface area contributed by atoms with E-state index in [-0.39, 0.29) is 10.6 Å². The van der Waals surface area contributed by atoms with Crippen molar-refractivity contribution < 1.29 is 9.18 Å². The number of ketones is 1. The van der Waals surface area contributed by atoms with Crippen molar-refractivity contribution in [1.29, 1.82) is 5.26 Å². The number of halogens is 4. The Labute approximate surface area is 139 Å². The van der Waals surface area contributed by atoms with Gasteiger partial charge in [-0.25, -0.2) is 4.39 Å². The molecule has 0 saturated heterocycles. The van der Waals surface area contributed by atoms with E-state index in [1.54, 1.807) is 6.07 Å². The molecule has 0 aliphatic carbocycles. The number of hydrogen-bond donors (Lipinski definition) is 0. The third-order valence-corrected chi connectivity index (χ3v) is 4.11. The highest BCUT2D eigenvalue weighted by Gasteiger charge is 2.26. The fourth-order valence-corrected chi connectivity index (χ4v) is 2.81. The molecule has 0 radical (unpaired) electrons. The number of carbonyl (C=O) groups is 1. The Morgan fingerprint density at radius 3 is 2.57 bits per heavy atom. The average molecular weight is 387 g/mol. The van der Waals surface area contributed by atoms with Crippen molar-refractivity contribution in [3.8, 4) is 6.07 Å². The largest absolute Gasteiger partial charge is 0.292 e. The topological polar surface area (TPSA) is 40.9 Å². The summed E-state index contributed by atoms with van der Waals surface area (Å²) in [6, 6.07) is 10.1. The minimum absolute atomic E-state index is 0.0903. The van der Waals surface area contributed by atoms with Gasteiger partial charge >= 0.3 is 0 Å². The van der Waals surface area contributed by atoms with Crippen LogP contribution in [0.25, 0.3) is 0 Å². The van der Waals surface area contributed by atoms with Gasteiger partial charge in [0, 0.05) is 20.1 Å². The lowest BCUT2D eigenvalue weighted by Gasteiger charge is -2.12. The van der Waals surface area contributed by atoms with Crippen LogP contribution in [0.3, 0.4) is 0 Å².